The lowest BCUT2D eigenvalue weighted by atomic mass is 9.98. The molecular weight excluding hydrogens is 229 g/mol. The highest BCUT2D eigenvalue weighted by Gasteiger charge is 2.22. The largest absolute Gasteiger partial charge is 0.387 e. The third kappa shape index (κ3) is 3.53. The third-order valence-corrected chi connectivity index (χ3v) is 4.02. The van der Waals surface area contributed by atoms with Crippen molar-refractivity contribution >= 4 is 0 Å². The molecule has 0 heterocycles. The van der Waals surface area contributed by atoms with Crippen molar-refractivity contribution in [3.63, 3.8) is 0 Å². The fourth-order valence-electron chi connectivity index (χ4n) is 2.76. The molecule has 1 aliphatic rings. The van der Waals surface area contributed by atoms with Crippen molar-refractivity contribution < 1.29 is 9.50 Å². The first kappa shape index (κ1) is 13.5. The van der Waals surface area contributed by atoms with Gasteiger partial charge in [-0.1, -0.05) is 31.9 Å². The van der Waals surface area contributed by atoms with Crippen molar-refractivity contribution in [3.05, 3.63) is 35.6 Å². The monoisotopic (exact) mass is 251 g/mol. The van der Waals surface area contributed by atoms with E-state index in [1.807, 2.05) is 0 Å². The number of halogens is 1. The molecule has 1 fully saturated rings. The molecule has 2 nitrogen and oxygen atoms in total. The Bertz CT molecular complexity index is 383. The molecule has 18 heavy (non-hydrogen) atoms. The number of rotatable bonds is 5. The van der Waals surface area contributed by atoms with Crippen LogP contribution in [0.25, 0.3) is 0 Å². The van der Waals surface area contributed by atoms with Crippen LogP contribution in [0.4, 0.5) is 4.39 Å². The molecule has 3 atom stereocenters. The summed E-state index contributed by atoms with van der Waals surface area (Å²) in [5.74, 6) is 1.21. The summed E-state index contributed by atoms with van der Waals surface area (Å²) in [6.07, 6.45) is 3.29. The number of aliphatic hydroxyl groups is 1. The zero-order chi connectivity index (χ0) is 13.0. The van der Waals surface area contributed by atoms with Crippen LogP contribution in [0.2, 0.25) is 0 Å². The maximum Gasteiger partial charge on any atom is 0.123 e. The van der Waals surface area contributed by atoms with Gasteiger partial charge < -0.3 is 10.4 Å². The lowest BCUT2D eigenvalue weighted by Crippen LogP contribution is -2.28. The average molecular weight is 251 g/mol. The van der Waals surface area contributed by atoms with Crippen LogP contribution >= 0.6 is 0 Å². The van der Waals surface area contributed by atoms with E-state index in [2.05, 4.69) is 12.2 Å². The minimum absolute atomic E-state index is 0.295. The molecule has 2 rings (SSSR count). The number of aliphatic hydroxyl groups excluding tert-OH is 1. The summed E-state index contributed by atoms with van der Waals surface area (Å²) in [5, 5.41) is 13.3. The van der Waals surface area contributed by atoms with Gasteiger partial charge in [-0.05, 0) is 42.5 Å². The molecule has 1 aliphatic carbocycles. The first-order chi connectivity index (χ1) is 8.66. The molecule has 0 spiro atoms. The van der Waals surface area contributed by atoms with Crippen LogP contribution in [0.5, 0.6) is 0 Å². The zero-order valence-corrected chi connectivity index (χ0v) is 10.9. The minimum atomic E-state index is -0.627. The summed E-state index contributed by atoms with van der Waals surface area (Å²) >= 11 is 0. The predicted molar refractivity (Wildman–Crippen MR) is 70.7 cm³/mol. The lowest BCUT2D eigenvalue weighted by molar-refractivity contribution is 0.171. The van der Waals surface area contributed by atoms with Crippen molar-refractivity contribution in [1.82, 2.24) is 5.32 Å². The van der Waals surface area contributed by atoms with Crippen LogP contribution < -0.4 is 5.32 Å². The van der Waals surface area contributed by atoms with E-state index in [-0.39, 0.29) is 5.82 Å². The Morgan fingerprint density at radius 1 is 1.44 bits per heavy atom. The molecule has 3 heteroatoms. The molecule has 0 bridgehead atoms. The Morgan fingerprint density at radius 3 is 2.94 bits per heavy atom. The Hall–Kier alpha value is -0.930. The average Bonchev–Trinajstić information content (AvgIpc) is 2.75. The van der Waals surface area contributed by atoms with E-state index >= 15 is 0 Å². The van der Waals surface area contributed by atoms with E-state index in [0.717, 1.165) is 18.4 Å². The van der Waals surface area contributed by atoms with Gasteiger partial charge in [-0.25, -0.2) is 4.39 Å². The van der Waals surface area contributed by atoms with Gasteiger partial charge in [0.25, 0.3) is 0 Å². The molecule has 3 unspecified atom stereocenters. The SMILES string of the molecule is CC1CCCC1CNCC(O)c1cccc(F)c1. The van der Waals surface area contributed by atoms with Crippen LogP contribution in [0, 0.1) is 17.7 Å². The summed E-state index contributed by atoms with van der Waals surface area (Å²) in [6.45, 7) is 3.74. The highest BCUT2D eigenvalue weighted by Crippen LogP contribution is 2.30. The summed E-state index contributed by atoms with van der Waals surface area (Å²) < 4.78 is 13.0. The maximum atomic E-state index is 13.0. The highest BCUT2D eigenvalue weighted by molar-refractivity contribution is 5.18. The summed E-state index contributed by atoms with van der Waals surface area (Å²) in [5.41, 5.74) is 0.641. The van der Waals surface area contributed by atoms with Gasteiger partial charge in [0, 0.05) is 6.54 Å². The summed E-state index contributed by atoms with van der Waals surface area (Å²) in [7, 11) is 0. The summed E-state index contributed by atoms with van der Waals surface area (Å²) in [4.78, 5) is 0. The Balaban J connectivity index is 1.76. The van der Waals surface area contributed by atoms with E-state index in [1.54, 1.807) is 12.1 Å². The Kier molecular flexibility index (Phi) is 4.72. The van der Waals surface area contributed by atoms with Gasteiger partial charge >= 0.3 is 0 Å². The number of hydrogen-bond acceptors (Lipinski definition) is 2. The van der Waals surface area contributed by atoms with Gasteiger partial charge in [-0.3, -0.25) is 0 Å². The van der Waals surface area contributed by atoms with E-state index in [9.17, 15) is 9.50 Å². The third-order valence-electron chi connectivity index (χ3n) is 4.02. The van der Waals surface area contributed by atoms with Gasteiger partial charge in [0.2, 0.25) is 0 Å². The van der Waals surface area contributed by atoms with Crippen LogP contribution in [0.15, 0.2) is 24.3 Å². The van der Waals surface area contributed by atoms with Crippen LogP contribution in [-0.2, 0) is 0 Å². The maximum absolute atomic E-state index is 13.0. The predicted octanol–water partition coefficient (Wildman–Crippen LogP) is 2.88. The van der Waals surface area contributed by atoms with Crippen LogP contribution in [0.1, 0.15) is 37.9 Å². The fraction of sp³-hybridized carbons (Fsp3) is 0.600. The Morgan fingerprint density at radius 2 is 2.28 bits per heavy atom. The molecule has 1 aromatic rings. The van der Waals surface area contributed by atoms with Crippen LogP contribution in [-0.4, -0.2) is 18.2 Å². The van der Waals surface area contributed by atoms with E-state index in [1.165, 1.54) is 31.4 Å². The fourth-order valence-corrected chi connectivity index (χ4v) is 2.76. The van der Waals surface area contributed by atoms with Crippen molar-refractivity contribution in [2.75, 3.05) is 13.1 Å². The molecule has 100 valence electrons. The molecule has 1 aromatic carbocycles. The molecule has 0 amide bonds. The minimum Gasteiger partial charge on any atom is -0.387 e. The second kappa shape index (κ2) is 6.30. The molecule has 0 radical (unpaired) electrons. The Labute approximate surface area is 108 Å². The molecule has 2 N–H and O–H groups in total. The van der Waals surface area contributed by atoms with Crippen molar-refractivity contribution in [3.8, 4) is 0 Å². The first-order valence-electron chi connectivity index (χ1n) is 6.81. The molecule has 0 aliphatic heterocycles. The van der Waals surface area contributed by atoms with Gasteiger partial charge in [0.05, 0.1) is 6.10 Å². The van der Waals surface area contributed by atoms with Gasteiger partial charge in [-0.2, -0.15) is 0 Å². The van der Waals surface area contributed by atoms with Gasteiger partial charge in [0.1, 0.15) is 5.82 Å². The van der Waals surface area contributed by atoms with Crippen molar-refractivity contribution in [1.29, 1.82) is 0 Å². The van der Waals surface area contributed by atoms with E-state index < -0.39 is 6.10 Å². The van der Waals surface area contributed by atoms with Gasteiger partial charge in [-0.15, -0.1) is 0 Å². The van der Waals surface area contributed by atoms with E-state index in [0.29, 0.717) is 12.1 Å². The van der Waals surface area contributed by atoms with Crippen molar-refractivity contribution in [2.45, 2.75) is 32.3 Å². The molecule has 0 saturated heterocycles. The second-order valence-electron chi connectivity index (χ2n) is 5.40. The topological polar surface area (TPSA) is 32.3 Å². The van der Waals surface area contributed by atoms with E-state index in [4.69, 9.17) is 0 Å². The normalized spacial score (nSPS) is 25.3. The molecule has 1 saturated carbocycles. The van der Waals surface area contributed by atoms with Crippen molar-refractivity contribution in [2.24, 2.45) is 11.8 Å². The van der Waals surface area contributed by atoms with Gasteiger partial charge in [0.15, 0.2) is 0 Å². The standard InChI is InChI=1S/C15H22FNO/c1-11-4-2-6-13(11)9-17-10-15(18)12-5-3-7-14(16)8-12/h3,5,7-8,11,13,15,17-18H,2,4,6,9-10H2,1H3. The first-order valence-corrected chi connectivity index (χ1v) is 6.81. The lowest BCUT2D eigenvalue weighted by Gasteiger charge is -2.18. The number of nitrogens with one attached hydrogen (secondary N) is 1. The second-order valence-corrected chi connectivity index (χ2v) is 5.40. The van der Waals surface area contributed by atoms with Crippen LogP contribution in [0.3, 0.4) is 0 Å². The molecule has 0 aromatic heterocycles. The molecular formula is C15H22FNO. The quantitative estimate of drug-likeness (QED) is 0.843. The highest BCUT2D eigenvalue weighted by atomic mass is 19.1. The number of benzene rings is 1. The smallest absolute Gasteiger partial charge is 0.123 e. The number of hydrogen-bond donors (Lipinski definition) is 2. The zero-order valence-electron chi connectivity index (χ0n) is 10.9. The summed E-state index contributed by atoms with van der Waals surface area (Å²) in [6, 6.07) is 6.18.